The van der Waals surface area contributed by atoms with Gasteiger partial charge in [0.05, 0.1) is 16.3 Å². The fourth-order valence-electron chi connectivity index (χ4n) is 4.28. The summed E-state index contributed by atoms with van der Waals surface area (Å²) in [5.41, 5.74) is 7.95. The third kappa shape index (κ3) is 4.35. The topological polar surface area (TPSA) is 43.6 Å². The molecule has 4 rings (SSSR count). The van der Waals surface area contributed by atoms with Crippen molar-refractivity contribution in [1.82, 2.24) is 4.57 Å². The summed E-state index contributed by atoms with van der Waals surface area (Å²) in [5, 5.41) is 5.00. The van der Waals surface area contributed by atoms with Crippen LogP contribution in [0.5, 0.6) is 0 Å². The molecule has 0 N–H and O–H groups in total. The van der Waals surface area contributed by atoms with E-state index in [1.54, 1.807) is 12.1 Å². The molecule has 0 atom stereocenters. The summed E-state index contributed by atoms with van der Waals surface area (Å²) in [7, 11) is 0. The number of aryl methyl sites for hydroxylation is 3. The molecular weight excluding hydrogens is 443 g/mol. The van der Waals surface area contributed by atoms with Crippen molar-refractivity contribution in [2.45, 2.75) is 47.5 Å². The molecule has 0 aliphatic heterocycles. The lowest BCUT2D eigenvalue weighted by molar-refractivity contribution is 0.0514. The van der Waals surface area contributed by atoms with Crippen LogP contribution >= 0.6 is 23.2 Å². The number of carbonyl (C=O) groups excluding carboxylic acids is 1. The van der Waals surface area contributed by atoms with Gasteiger partial charge in [0.2, 0.25) is 0 Å². The zero-order valence-electron chi connectivity index (χ0n) is 18.9. The molecule has 0 fully saturated rings. The lowest BCUT2D eigenvalue weighted by Gasteiger charge is -2.31. The predicted molar refractivity (Wildman–Crippen MR) is 130 cm³/mol. The Kier molecular flexibility index (Phi) is 5.95. The summed E-state index contributed by atoms with van der Waals surface area (Å²) >= 11 is 12.1. The Bertz CT molecular complexity index is 1250. The average molecular weight is 469 g/mol. The van der Waals surface area contributed by atoms with Crippen LogP contribution in [0.4, 0.5) is 0 Å². The second kappa shape index (κ2) is 8.42. The molecule has 1 heterocycles. The number of rotatable bonds is 3. The van der Waals surface area contributed by atoms with Gasteiger partial charge in [-0.1, -0.05) is 48.3 Å². The van der Waals surface area contributed by atoms with E-state index in [1.807, 2.05) is 0 Å². The summed E-state index contributed by atoms with van der Waals surface area (Å²) in [6.07, 6.45) is 1.61. The molecule has 0 radical (unpaired) electrons. The molecule has 0 spiro atoms. The maximum atomic E-state index is 12.6. The number of benzene rings is 2. The number of hydrogen-bond acceptors (Lipinski definition) is 3. The first kappa shape index (κ1) is 22.6. The highest BCUT2D eigenvalue weighted by atomic mass is 35.5. The molecule has 32 heavy (non-hydrogen) atoms. The van der Waals surface area contributed by atoms with Gasteiger partial charge in [-0.2, -0.15) is 0 Å². The highest BCUT2D eigenvalue weighted by Gasteiger charge is 2.34. The van der Waals surface area contributed by atoms with E-state index in [0.29, 0.717) is 11.4 Å². The fraction of sp³-hybridized carbons (Fsp3) is 0.308. The fourth-order valence-corrected chi connectivity index (χ4v) is 4.77. The van der Waals surface area contributed by atoms with Gasteiger partial charge >= 0.3 is 5.97 Å². The highest BCUT2D eigenvalue weighted by Crippen LogP contribution is 2.38. The number of oxime groups is 1. The molecule has 1 aromatic heterocycles. The third-order valence-electron chi connectivity index (χ3n) is 6.03. The Morgan fingerprint density at radius 2 is 1.75 bits per heavy atom. The van der Waals surface area contributed by atoms with Crippen molar-refractivity contribution in [3.05, 3.63) is 86.2 Å². The van der Waals surface area contributed by atoms with Crippen molar-refractivity contribution in [3.8, 4) is 5.69 Å². The zero-order valence-corrected chi connectivity index (χ0v) is 20.4. The summed E-state index contributed by atoms with van der Waals surface area (Å²) in [6, 6.07) is 13.3. The van der Waals surface area contributed by atoms with Crippen LogP contribution in [0.1, 0.15) is 58.7 Å². The van der Waals surface area contributed by atoms with Crippen molar-refractivity contribution in [1.29, 1.82) is 0 Å². The minimum atomic E-state index is -0.602. The molecule has 0 saturated carbocycles. The van der Waals surface area contributed by atoms with Crippen molar-refractivity contribution in [3.63, 3.8) is 0 Å². The molecule has 4 nitrogen and oxygen atoms in total. The third-order valence-corrected chi connectivity index (χ3v) is 6.58. The van der Waals surface area contributed by atoms with Gasteiger partial charge in [-0.3, -0.25) is 0 Å². The van der Waals surface area contributed by atoms with Crippen LogP contribution in [0.25, 0.3) is 5.69 Å². The van der Waals surface area contributed by atoms with Gasteiger partial charge in [0.1, 0.15) is 0 Å². The van der Waals surface area contributed by atoms with Crippen LogP contribution in [0.3, 0.4) is 0 Å². The van der Waals surface area contributed by atoms with Crippen LogP contribution in [0, 0.1) is 26.2 Å². The normalized spacial score (nSPS) is 16.2. The van der Waals surface area contributed by atoms with E-state index in [1.165, 1.54) is 22.9 Å². The first-order chi connectivity index (χ1) is 15.1. The molecule has 3 aromatic rings. The predicted octanol–water partition coefficient (Wildman–Crippen LogP) is 7.24. The molecule has 2 aromatic carbocycles. The smallest absolute Gasteiger partial charge is 0.318 e. The van der Waals surface area contributed by atoms with Gasteiger partial charge in [-0.25, -0.2) is 4.79 Å². The van der Waals surface area contributed by atoms with Crippen LogP contribution in [-0.2, 0) is 11.3 Å². The molecule has 0 bridgehead atoms. The highest BCUT2D eigenvalue weighted by molar-refractivity contribution is 6.36. The first-order valence-electron chi connectivity index (χ1n) is 10.6. The summed E-state index contributed by atoms with van der Waals surface area (Å²) in [6.45, 7) is 10.7. The number of nitrogens with zero attached hydrogens (tertiary/aromatic N) is 2. The molecule has 1 aliphatic carbocycles. The standard InChI is InChI=1S/C26H26Cl2N2O2/c1-15-6-8-19(10-16(15)2)30-17(3)11-21-23(13-26(4,5)14-24(21)30)29-32-25(31)20-9-7-18(27)12-22(20)28/h6-12H,13-14H2,1-5H3/b29-23+. The van der Waals surface area contributed by atoms with Crippen LogP contribution in [0.15, 0.2) is 47.6 Å². The number of carbonyl (C=O) groups is 1. The molecular formula is C26H26Cl2N2O2. The Morgan fingerprint density at radius 1 is 1.00 bits per heavy atom. The van der Waals surface area contributed by atoms with E-state index in [4.69, 9.17) is 28.0 Å². The van der Waals surface area contributed by atoms with Gasteiger partial charge < -0.3 is 9.40 Å². The Morgan fingerprint density at radius 3 is 2.44 bits per heavy atom. The Labute approximate surface area is 198 Å². The lowest BCUT2D eigenvalue weighted by Crippen LogP contribution is -2.28. The second-order valence-electron chi connectivity index (χ2n) is 9.31. The maximum absolute atomic E-state index is 12.6. The van der Waals surface area contributed by atoms with Gasteiger partial charge in [0, 0.05) is 27.7 Å². The van der Waals surface area contributed by atoms with Crippen LogP contribution in [-0.4, -0.2) is 16.2 Å². The quantitative estimate of drug-likeness (QED) is 0.300. The van der Waals surface area contributed by atoms with E-state index in [9.17, 15) is 4.79 Å². The van der Waals surface area contributed by atoms with Gasteiger partial charge in [0.15, 0.2) is 0 Å². The number of halogens is 2. The molecule has 0 amide bonds. The van der Waals surface area contributed by atoms with Crippen LogP contribution < -0.4 is 0 Å². The molecule has 166 valence electrons. The number of aromatic nitrogens is 1. The first-order valence-corrected chi connectivity index (χ1v) is 11.3. The van der Waals surface area contributed by atoms with Gasteiger partial charge in [-0.15, -0.1) is 0 Å². The van der Waals surface area contributed by atoms with Crippen molar-refractivity contribution < 1.29 is 9.63 Å². The minimum absolute atomic E-state index is 0.0293. The number of hydrogen-bond donors (Lipinski definition) is 0. The van der Waals surface area contributed by atoms with Gasteiger partial charge in [0.25, 0.3) is 0 Å². The SMILES string of the molecule is Cc1ccc(-n2c(C)cc3c2CC(C)(C)C/C3=N\OC(=O)c2ccc(Cl)cc2Cl)cc1C. The van der Waals surface area contributed by atoms with E-state index in [0.717, 1.165) is 29.1 Å². The lowest BCUT2D eigenvalue weighted by atomic mass is 9.76. The Hall–Kier alpha value is -2.56. The zero-order chi connectivity index (χ0) is 23.2. The number of fused-ring (bicyclic) bond motifs is 1. The minimum Gasteiger partial charge on any atom is -0.318 e. The average Bonchev–Trinajstić information content (AvgIpc) is 3.02. The molecule has 6 heteroatoms. The molecule has 0 saturated heterocycles. The van der Waals surface area contributed by atoms with Crippen molar-refractivity contribution in [2.75, 3.05) is 0 Å². The molecule has 1 aliphatic rings. The second-order valence-corrected chi connectivity index (χ2v) is 10.2. The Balaban J connectivity index is 1.73. The van der Waals surface area contributed by atoms with Crippen LogP contribution in [0.2, 0.25) is 10.0 Å². The maximum Gasteiger partial charge on any atom is 0.367 e. The van der Waals surface area contributed by atoms with E-state index < -0.39 is 5.97 Å². The van der Waals surface area contributed by atoms with E-state index in [2.05, 4.69) is 68.6 Å². The van der Waals surface area contributed by atoms with Gasteiger partial charge in [-0.05, 0) is 86.6 Å². The van der Waals surface area contributed by atoms with E-state index >= 15 is 0 Å². The van der Waals surface area contributed by atoms with E-state index in [-0.39, 0.29) is 16.0 Å². The van der Waals surface area contributed by atoms with Crippen molar-refractivity contribution >= 4 is 34.9 Å². The molecule has 0 unspecified atom stereocenters. The summed E-state index contributed by atoms with van der Waals surface area (Å²) in [5.74, 6) is -0.602. The summed E-state index contributed by atoms with van der Waals surface area (Å²) < 4.78 is 2.29. The monoisotopic (exact) mass is 468 g/mol. The largest absolute Gasteiger partial charge is 0.367 e. The summed E-state index contributed by atoms with van der Waals surface area (Å²) in [4.78, 5) is 17.9. The van der Waals surface area contributed by atoms with Crippen molar-refractivity contribution in [2.24, 2.45) is 10.6 Å².